The highest BCUT2D eigenvalue weighted by Crippen LogP contribution is 2.12. The highest BCUT2D eigenvalue weighted by Gasteiger charge is 2.23. The first-order valence-electron chi connectivity index (χ1n) is 5.34. The van der Waals surface area contributed by atoms with E-state index in [1.807, 2.05) is 29.1 Å². The van der Waals surface area contributed by atoms with E-state index >= 15 is 0 Å². The number of thioether (sulfide) groups is 1. The summed E-state index contributed by atoms with van der Waals surface area (Å²) in [5.74, 6) is 2.21. The van der Waals surface area contributed by atoms with Crippen LogP contribution >= 0.6 is 23.1 Å². The molecule has 0 bridgehead atoms. The molecule has 0 radical (unpaired) electrons. The third kappa shape index (κ3) is 2.99. The molecule has 1 aliphatic rings. The number of nitrogens with zero attached hydrogens (tertiary/aromatic N) is 1. The Labute approximate surface area is 104 Å². The Morgan fingerprint density at radius 3 is 3.19 bits per heavy atom. The lowest BCUT2D eigenvalue weighted by Crippen LogP contribution is -2.49. The predicted molar refractivity (Wildman–Crippen MR) is 69.9 cm³/mol. The van der Waals surface area contributed by atoms with E-state index < -0.39 is 0 Å². The largest absolute Gasteiger partial charge is 0.340 e. The number of rotatable bonds is 3. The van der Waals surface area contributed by atoms with Gasteiger partial charge in [-0.25, -0.2) is 0 Å². The van der Waals surface area contributed by atoms with Gasteiger partial charge in [0.05, 0.1) is 6.04 Å². The summed E-state index contributed by atoms with van der Waals surface area (Å²) in [6.45, 7) is 1.65. The first kappa shape index (κ1) is 12.0. The summed E-state index contributed by atoms with van der Waals surface area (Å²) in [5, 5.41) is 7.40. The number of carbonyl (C=O) groups excluding carboxylic acids is 1. The zero-order valence-electron chi connectivity index (χ0n) is 9.31. The van der Waals surface area contributed by atoms with E-state index in [1.165, 1.54) is 5.56 Å². The second kappa shape index (κ2) is 5.70. The smallest absolute Gasteiger partial charge is 0.240 e. The molecular formula is C11H16N2OS2. The molecule has 1 atom stereocenters. The predicted octanol–water partition coefficient (Wildman–Crippen LogP) is 1.41. The summed E-state index contributed by atoms with van der Waals surface area (Å²) < 4.78 is 0. The van der Waals surface area contributed by atoms with Crippen LogP contribution in [0.4, 0.5) is 0 Å². The number of hydrogen-bond donors (Lipinski definition) is 1. The van der Waals surface area contributed by atoms with Crippen LogP contribution in [0, 0.1) is 0 Å². The highest BCUT2D eigenvalue weighted by atomic mass is 32.2. The van der Waals surface area contributed by atoms with Gasteiger partial charge in [-0.2, -0.15) is 23.1 Å². The van der Waals surface area contributed by atoms with Crippen LogP contribution in [-0.2, 0) is 11.3 Å². The quantitative estimate of drug-likeness (QED) is 0.887. The van der Waals surface area contributed by atoms with Crippen molar-refractivity contribution in [2.24, 2.45) is 0 Å². The summed E-state index contributed by atoms with van der Waals surface area (Å²) in [6, 6.07) is 2.07. The number of amides is 1. The molecule has 88 valence electrons. The molecule has 0 saturated carbocycles. The molecule has 1 amide bonds. The molecule has 0 aliphatic carbocycles. The third-order valence-electron chi connectivity index (χ3n) is 2.60. The van der Waals surface area contributed by atoms with Crippen LogP contribution in [0.1, 0.15) is 5.56 Å². The normalized spacial score (nSPS) is 20.7. The molecule has 2 rings (SSSR count). The van der Waals surface area contributed by atoms with E-state index in [0.717, 1.165) is 18.1 Å². The molecule has 2 heterocycles. The Kier molecular flexibility index (Phi) is 4.26. The van der Waals surface area contributed by atoms with Crippen molar-refractivity contribution in [1.29, 1.82) is 0 Å². The highest BCUT2D eigenvalue weighted by molar-refractivity contribution is 7.99. The van der Waals surface area contributed by atoms with Gasteiger partial charge < -0.3 is 10.2 Å². The number of hydrogen-bond acceptors (Lipinski definition) is 4. The molecule has 1 unspecified atom stereocenters. The van der Waals surface area contributed by atoms with Crippen LogP contribution < -0.4 is 5.32 Å². The maximum Gasteiger partial charge on any atom is 0.240 e. The number of thiophene rings is 1. The fraction of sp³-hybridized carbons (Fsp3) is 0.545. The Hall–Kier alpha value is -0.520. The van der Waals surface area contributed by atoms with Crippen molar-refractivity contribution in [3.8, 4) is 0 Å². The summed E-state index contributed by atoms with van der Waals surface area (Å²) in [6.07, 6.45) is 0. The van der Waals surface area contributed by atoms with Crippen molar-refractivity contribution >= 4 is 29.0 Å². The minimum Gasteiger partial charge on any atom is -0.340 e. The monoisotopic (exact) mass is 256 g/mol. The topological polar surface area (TPSA) is 32.3 Å². The van der Waals surface area contributed by atoms with Crippen LogP contribution in [0.5, 0.6) is 0 Å². The Morgan fingerprint density at radius 1 is 1.69 bits per heavy atom. The van der Waals surface area contributed by atoms with Gasteiger partial charge in [-0.1, -0.05) is 0 Å². The van der Waals surface area contributed by atoms with Crippen molar-refractivity contribution < 1.29 is 4.79 Å². The maximum absolute atomic E-state index is 12.1. The van der Waals surface area contributed by atoms with E-state index in [-0.39, 0.29) is 11.9 Å². The maximum atomic E-state index is 12.1. The lowest BCUT2D eigenvalue weighted by atomic mass is 10.2. The van der Waals surface area contributed by atoms with Crippen LogP contribution in [0.25, 0.3) is 0 Å². The lowest BCUT2D eigenvalue weighted by molar-refractivity contribution is -0.132. The van der Waals surface area contributed by atoms with E-state index in [1.54, 1.807) is 11.3 Å². The standard InChI is InChI=1S/C11H16N2OS2/c1-13(6-9-2-4-15-7-9)11(14)10-8-16-5-3-12-10/h2,4,7,10,12H,3,5-6,8H2,1H3. The third-order valence-corrected chi connectivity index (χ3v) is 4.39. The molecule has 1 saturated heterocycles. The zero-order valence-corrected chi connectivity index (χ0v) is 10.9. The van der Waals surface area contributed by atoms with Gasteiger partial charge in [0.25, 0.3) is 0 Å². The Bertz CT molecular complexity index is 334. The molecule has 1 N–H and O–H groups in total. The molecule has 16 heavy (non-hydrogen) atoms. The summed E-state index contributed by atoms with van der Waals surface area (Å²) >= 11 is 3.52. The second-order valence-electron chi connectivity index (χ2n) is 3.91. The van der Waals surface area contributed by atoms with Crippen molar-refractivity contribution in [3.63, 3.8) is 0 Å². The fourth-order valence-electron chi connectivity index (χ4n) is 1.72. The van der Waals surface area contributed by atoms with Gasteiger partial charge in [-0.15, -0.1) is 0 Å². The van der Waals surface area contributed by atoms with Crippen LogP contribution in [0.2, 0.25) is 0 Å². The van der Waals surface area contributed by atoms with Crippen LogP contribution in [-0.4, -0.2) is 41.9 Å². The zero-order chi connectivity index (χ0) is 11.4. The second-order valence-corrected chi connectivity index (χ2v) is 5.84. The molecule has 1 aliphatic heterocycles. The van der Waals surface area contributed by atoms with E-state index in [4.69, 9.17) is 0 Å². The van der Waals surface area contributed by atoms with Crippen molar-refractivity contribution in [1.82, 2.24) is 10.2 Å². The van der Waals surface area contributed by atoms with E-state index in [9.17, 15) is 4.79 Å². The summed E-state index contributed by atoms with van der Waals surface area (Å²) in [7, 11) is 1.88. The molecule has 3 nitrogen and oxygen atoms in total. The first-order chi connectivity index (χ1) is 7.77. The summed E-state index contributed by atoms with van der Waals surface area (Å²) in [4.78, 5) is 13.9. The van der Waals surface area contributed by atoms with Crippen LogP contribution in [0.15, 0.2) is 16.8 Å². The Balaban J connectivity index is 1.88. The van der Waals surface area contributed by atoms with Gasteiger partial charge in [-0.05, 0) is 22.4 Å². The number of likely N-dealkylation sites (N-methyl/N-ethyl adjacent to an activating group) is 1. The van der Waals surface area contributed by atoms with E-state index in [2.05, 4.69) is 16.8 Å². The molecule has 5 heteroatoms. The summed E-state index contributed by atoms with van der Waals surface area (Å²) in [5.41, 5.74) is 1.21. The SMILES string of the molecule is CN(Cc1ccsc1)C(=O)C1CSCCN1. The van der Waals surface area contributed by atoms with Gasteiger partial charge in [0.2, 0.25) is 5.91 Å². The molecule has 1 aromatic heterocycles. The molecule has 1 aromatic rings. The van der Waals surface area contributed by atoms with Crippen molar-refractivity contribution in [2.75, 3.05) is 25.1 Å². The van der Waals surface area contributed by atoms with Gasteiger partial charge >= 0.3 is 0 Å². The lowest BCUT2D eigenvalue weighted by Gasteiger charge is -2.27. The first-order valence-corrected chi connectivity index (χ1v) is 7.44. The van der Waals surface area contributed by atoms with Crippen LogP contribution in [0.3, 0.4) is 0 Å². The molecular weight excluding hydrogens is 240 g/mol. The van der Waals surface area contributed by atoms with Gasteiger partial charge in [-0.3, -0.25) is 4.79 Å². The average Bonchev–Trinajstić information content (AvgIpc) is 2.82. The molecule has 0 spiro atoms. The van der Waals surface area contributed by atoms with Crippen molar-refractivity contribution in [2.45, 2.75) is 12.6 Å². The average molecular weight is 256 g/mol. The minimum atomic E-state index is 0.00221. The van der Waals surface area contributed by atoms with Crippen molar-refractivity contribution in [3.05, 3.63) is 22.4 Å². The Morgan fingerprint density at radius 2 is 2.56 bits per heavy atom. The minimum absolute atomic E-state index is 0.00221. The molecule has 0 aromatic carbocycles. The number of carbonyl (C=O) groups is 1. The fourth-order valence-corrected chi connectivity index (χ4v) is 3.31. The number of nitrogens with one attached hydrogen (secondary N) is 1. The van der Waals surface area contributed by atoms with Gasteiger partial charge in [0.1, 0.15) is 0 Å². The molecule has 1 fully saturated rings. The van der Waals surface area contributed by atoms with E-state index in [0.29, 0.717) is 6.54 Å². The van der Waals surface area contributed by atoms with Gasteiger partial charge in [0, 0.05) is 31.6 Å². The van der Waals surface area contributed by atoms with Gasteiger partial charge in [0.15, 0.2) is 0 Å².